The summed E-state index contributed by atoms with van der Waals surface area (Å²) in [5.74, 6) is -0.957. The van der Waals surface area contributed by atoms with Gasteiger partial charge >= 0.3 is 5.97 Å². The number of halogens is 2. The summed E-state index contributed by atoms with van der Waals surface area (Å²) in [6.45, 7) is 0. The molecule has 2 aromatic rings. The van der Waals surface area contributed by atoms with Gasteiger partial charge in [-0.1, -0.05) is 23.2 Å². The van der Waals surface area contributed by atoms with Gasteiger partial charge in [-0.05, 0) is 6.07 Å². The lowest BCUT2D eigenvalue weighted by Crippen LogP contribution is -2.03. The molecule has 3 N–H and O–H groups in total. The second kappa shape index (κ2) is 4.23. The van der Waals surface area contributed by atoms with Crippen molar-refractivity contribution in [2.24, 2.45) is 0 Å². The lowest BCUT2D eigenvalue weighted by molar-refractivity contribution is 0.0691. The molecule has 0 unspecified atom stereocenters. The standard InChI is InChI=1S/C9H6Cl2N4O2/c10-4-1-5(11)8(13-2-4)15-3-6(12)7(14-15)9(16)17/h1-3H,12H2,(H,16,17). The van der Waals surface area contributed by atoms with Crippen LogP contribution in [0.3, 0.4) is 0 Å². The molecule has 0 saturated carbocycles. The molecule has 0 radical (unpaired) electrons. The molecule has 0 spiro atoms. The van der Waals surface area contributed by atoms with E-state index in [1.165, 1.54) is 23.1 Å². The molecule has 6 nitrogen and oxygen atoms in total. The summed E-state index contributed by atoms with van der Waals surface area (Å²) in [7, 11) is 0. The fraction of sp³-hybridized carbons (Fsp3) is 0. The van der Waals surface area contributed by atoms with Gasteiger partial charge in [-0.15, -0.1) is 0 Å². The average Bonchev–Trinajstić information content (AvgIpc) is 2.60. The maximum Gasteiger partial charge on any atom is 0.358 e. The van der Waals surface area contributed by atoms with Crippen molar-refractivity contribution in [2.45, 2.75) is 0 Å². The Bertz CT molecular complexity index is 597. The van der Waals surface area contributed by atoms with Crippen LogP contribution in [0.2, 0.25) is 10.0 Å². The van der Waals surface area contributed by atoms with Crippen LogP contribution in [0.5, 0.6) is 0 Å². The number of hydrogen-bond acceptors (Lipinski definition) is 4. The Morgan fingerprint density at radius 1 is 1.47 bits per heavy atom. The zero-order chi connectivity index (χ0) is 12.6. The van der Waals surface area contributed by atoms with Gasteiger partial charge in [0.1, 0.15) is 0 Å². The van der Waals surface area contributed by atoms with Gasteiger partial charge in [-0.25, -0.2) is 14.5 Å². The molecule has 0 atom stereocenters. The third-order valence-corrected chi connectivity index (χ3v) is 2.44. The largest absolute Gasteiger partial charge is 0.476 e. The highest BCUT2D eigenvalue weighted by Crippen LogP contribution is 2.22. The van der Waals surface area contributed by atoms with Crippen molar-refractivity contribution in [3.63, 3.8) is 0 Å². The molecular weight excluding hydrogens is 267 g/mol. The van der Waals surface area contributed by atoms with E-state index in [4.69, 9.17) is 34.0 Å². The Hall–Kier alpha value is -1.79. The molecule has 0 aromatic carbocycles. The molecule has 0 aliphatic rings. The number of carboxylic acid groups (broad SMARTS) is 1. The molecule has 8 heteroatoms. The van der Waals surface area contributed by atoms with Crippen LogP contribution in [0.25, 0.3) is 5.82 Å². The summed E-state index contributed by atoms with van der Waals surface area (Å²) >= 11 is 11.6. The Morgan fingerprint density at radius 2 is 2.18 bits per heavy atom. The number of anilines is 1. The highest BCUT2D eigenvalue weighted by molar-refractivity contribution is 6.35. The minimum absolute atomic E-state index is 0.0327. The first-order chi connectivity index (χ1) is 7.99. The van der Waals surface area contributed by atoms with Crippen LogP contribution in [-0.2, 0) is 0 Å². The van der Waals surface area contributed by atoms with E-state index in [0.717, 1.165) is 0 Å². The summed E-state index contributed by atoms with van der Waals surface area (Å²) in [6, 6.07) is 1.48. The van der Waals surface area contributed by atoms with Gasteiger partial charge < -0.3 is 10.8 Å². The Kier molecular flexibility index (Phi) is 2.91. The van der Waals surface area contributed by atoms with Gasteiger partial charge in [0.05, 0.1) is 21.9 Å². The zero-order valence-corrected chi connectivity index (χ0v) is 9.77. The van der Waals surface area contributed by atoms with Crippen LogP contribution >= 0.6 is 23.2 Å². The summed E-state index contributed by atoms with van der Waals surface area (Å²) in [4.78, 5) is 14.7. The van der Waals surface area contributed by atoms with E-state index < -0.39 is 5.97 Å². The first kappa shape index (κ1) is 11.7. The van der Waals surface area contributed by atoms with E-state index in [1.54, 1.807) is 0 Å². The van der Waals surface area contributed by atoms with E-state index in [2.05, 4.69) is 10.1 Å². The highest BCUT2D eigenvalue weighted by Gasteiger charge is 2.16. The number of carbonyl (C=O) groups is 1. The highest BCUT2D eigenvalue weighted by atomic mass is 35.5. The third kappa shape index (κ3) is 2.17. The molecule has 0 fully saturated rings. The van der Waals surface area contributed by atoms with E-state index in [9.17, 15) is 4.79 Å². The van der Waals surface area contributed by atoms with Crippen LogP contribution in [0.1, 0.15) is 10.5 Å². The minimum atomic E-state index is -1.22. The molecular formula is C9H6Cl2N4O2. The molecule has 0 aliphatic carbocycles. The zero-order valence-electron chi connectivity index (χ0n) is 8.26. The van der Waals surface area contributed by atoms with Crippen molar-refractivity contribution >= 4 is 34.9 Å². The van der Waals surface area contributed by atoms with Gasteiger partial charge in [0.25, 0.3) is 0 Å². The molecule has 88 valence electrons. The maximum atomic E-state index is 10.8. The molecule has 0 saturated heterocycles. The van der Waals surface area contributed by atoms with E-state index in [-0.39, 0.29) is 22.2 Å². The van der Waals surface area contributed by atoms with E-state index in [1.807, 2.05) is 0 Å². The van der Waals surface area contributed by atoms with Crippen LogP contribution in [0, 0.1) is 0 Å². The van der Waals surface area contributed by atoms with Gasteiger partial charge in [-0.3, -0.25) is 0 Å². The molecule has 2 heterocycles. The quantitative estimate of drug-likeness (QED) is 0.870. The van der Waals surface area contributed by atoms with Gasteiger partial charge in [0.15, 0.2) is 11.5 Å². The lowest BCUT2D eigenvalue weighted by Gasteiger charge is -2.02. The second-order valence-corrected chi connectivity index (χ2v) is 3.99. The van der Waals surface area contributed by atoms with E-state index >= 15 is 0 Å². The molecule has 2 aromatic heterocycles. The summed E-state index contributed by atoms with van der Waals surface area (Å²) in [5.41, 5.74) is 5.28. The number of nitrogens with zero attached hydrogens (tertiary/aromatic N) is 3. The normalized spacial score (nSPS) is 10.5. The summed E-state index contributed by atoms with van der Waals surface area (Å²) in [5, 5.41) is 13.2. The molecule has 0 amide bonds. The van der Waals surface area contributed by atoms with Crippen molar-refractivity contribution in [2.75, 3.05) is 5.73 Å². The SMILES string of the molecule is Nc1cn(-c2ncc(Cl)cc2Cl)nc1C(=O)O. The Morgan fingerprint density at radius 3 is 2.71 bits per heavy atom. The molecule has 0 aliphatic heterocycles. The van der Waals surface area contributed by atoms with Gasteiger partial charge in [0.2, 0.25) is 0 Å². The summed E-state index contributed by atoms with van der Waals surface area (Å²) < 4.78 is 1.19. The van der Waals surface area contributed by atoms with Crippen LogP contribution in [0.4, 0.5) is 5.69 Å². The topological polar surface area (TPSA) is 94.0 Å². The van der Waals surface area contributed by atoms with Crippen molar-refractivity contribution < 1.29 is 9.90 Å². The number of hydrogen-bond donors (Lipinski definition) is 2. The van der Waals surface area contributed by atoms with Gasteiger partial charge in [-0.2, -0.15) is 5.10 Å². The number of nitrogens with two attached hydrogens (primary N) is 1. The fourth-order valence-corrected chi connectivity index (χ4v) is 1.70. The number of nitrogen functional groups attached to an aromatic ring is 1. The summed E-state index contributed by atoms with van der Waals surface area (Å²) in [6.07, 6.45) is 2.70. The maximum absolute atomic E-state index is 10.8. The van der Waals surface area contributed by atoms with Crippen molar-refractivity contribution in [3.05, 3.63) is 34.2 Å². The van der Waals surface area contributed by atoms with Crippen LogP contribution < -0.4 is 5.73 Å². The number of pyridine rings is 1. The number of carboxylic acids is 1. The Balaban J connectivity index is 2.53. The predicted octanol–water partition coefficient (Wildman–Crippen LogP) is 1.85. The second-order valence-electron chi connectivity index (χ2n) is 3.14. The first-order valence-corrected chi connectivity index (χ1v) is 5.14. The van der Waals surface area contributed by atoms with Crippen LogP contribution in [-0.4, -0.2) is 25.8 Å². The first-order valence-electron chi connectivity index (χ1n) is 4.39. The number of aromatic carboxylic acids is 1. The van der Waals surface area contributed by atoms with Crippen molar-refractivity contribution in [1.82, 2.24) is 14.8 Å². The fourth-order valence-electron chi connectivity index (χ4n) is 1.24. The molecule has 0 bridgehead atoms. The number of aromatic nitrogens is 3. The van der Waals surface area contributed by atoms with Gasteiger partial charge in [0, 0.05) is 6.20 Å². The van der Waals surface area contributed by atoms with Crippen molar-refractivity contribution in [3.8, 4) is 5.82 Å². The monoisotopic (exact) mass is 272 g/mol. The molecule has 17 heavy (non-hydrogen) atoms. The number of rotatable bonds is 2. The minimum Gasteiger partial charge on any atom is -0.476 e. The Labute approximate surface area is 106 Å². The van der Waals surface area contributed by atoms with Crippen molar-refractivity contribution in [1.29, 1.82) is 0 Å². The lowest BCUT2D eigenvalue weighted by atomic mass is 10.4. The smallest absolute Gasteiger partial charge is 0.358 e. The molecule has 2 rings (SSSR count). The predicted molar refractivity (Wildman–Crippen MR) is 62.8 cm³/mol. The van der Waals surface area contributed by atoms with Crippen LogP contribution in [0.15, 0.2) is 18.5 Å². The van der Waals surface area contributed by atoms with E-state index in [0.29, 0.717) is 5.02 Å². The third-order valence-electron chi connectivity index (χ3n) is 1.95. The average molecular weight is 273 g/mol.